The molecule has 7 heteroatoms. The highest BCUT2D eigenvalue weighted by molar-refractivity contribution is 7.90. The number of rotatable bonds is 12. The van der Waals surface area contributed by atoms with Gasteiger partial charge in [0.15, 0.2) is 9.84 Å². The number of ether oxygens (including phenoxy) is 2. The van der Waals surface area contributed by atoms with E-state index in [2.05, 4.69) is 13.5 Å². The van der Waals surface area contributed by atoms with Crippen LogP contribution in [0.2, 0.25) is 0 Å². The summed E-state index contributed by atoms with van der Waals surface area (Å²) < 4.78 is 32.0. The van der Waals surface area contributed by atoms with Crippen LogP contribution in [-0.2, 0) is 28.9 Å². The van der Waals surface area contributed by atoms with Gasteiger partial charge in [-0.3, -0.25) is 4.79 Å². The molecule has 0 rings (SSSR count). The second-order valence-corrected chi connectivity index (χ2v) is 7.85. The van der Waals surface area contributed by atoms with Crippen LogP contribution in [-0.4, -0.2) is 45.1 Å². The highest BCUT2D eigenvalue weighted by atomic mass is 32.2. The van der Waals surface area contributed by atoms with Crippen LogP contribution in [0.3, 0.4) is 0 Å². The third kappa shape index (κ3) is 11.8. The normalized spacial score (nSPS) is 12.5. The third-order valence-electron chi connectivity index (χ3n) is 3.12. The number of sulfone groups is 1. The molecule has 1 atom stereocenters. The van der Waals surface area contributed by atoms with Crippen LogP contribution in [0.4, 0.5) is 0 Å². The number of carbonyl (C=O) groups is 2. The van der Waals surface area contributed by atoms with E-state index >= 15 is 0 Å². The lowest BCUT2D eigenvalue weighted by atomic mass is 10.1. The largest absolute Gasteiger partial charge is 0.462 e. The van der Waals surface area contributed by atoms with Crippen LogP contribution in [0.15, 0.2) is 12.2 Å². The van der Waals surface area contributed by atoms with Crippen LogP contribution >= 0.6 is 0 Å². The monoisotopic (exact) mass is 348 g/mol. The average molecular weight is 348 g/mol. The standard InChI is InChI=1S/C16H28O6S/c1-5-7-9-14(8-6-2)22-15(17)12-13(3)16(18)21-10-11-23(4,19)20/h14H,3,5-12H2,1-2,4H3. The molecule has 23 heavy (non-hydrogen) atoms. The molecule has 0 heterocycles. The molecule has 0 bridgehead atoms. The van der Waals surface area contributed by atoms with Crippen molar-refractivity contribution in [2.75, 3.05) is 18.6 Å². The lowest BCUT2D eigenvalue weighted by Gasteiger charge is -2.17. The summed E-state index contributed by atoms with van der Waals surface area (Å²) in [5.74, 6) is -1.54. The summed E-state index contributed by atoms with van der Waals surface area (Å²) in [6.07, 6.45) is 5.18. The number of hydrogen-bond donors (Lipinski definition) is 0. The molecule has 6 nitrogen and oxygen atoms in total. The van der Waals surface area contributed by atoms with E-state index in [1.807, 2.05) is 6.92 Å². The first kappa shape index (κ1) is 21.6. The Morgan fingerprint density at radius 1 is 1.13 bits per heavy atom. The van der Waals surface area contributed by atoms with Crippen molar-refractivity contribution in [2.45, 2.75) is 58.5 Å². The fraction of sp³-hybridized carbons (Fsp3) is 0.750. The van der Waals surface area contributed by atoms with E-state index in [0.717, 1.165) is 38.4 Å². The van der Waals surface area contributed by atoms with E-state index in [9.17, 15) is 18.0 Å². The molecule has 0 N–H and O–H groups in total. The molecule has 0 saturated carbocycles. The Balaban J connectivity index is 4.25. The average Bonchev–Trinajstić information content (AvgIpc) is 2.43. The fourth-order valence-electron chi connectivity index (χ4n) is 1.88. The van der Waals surface area contributed by atoms with Crippen LogP contribution in [0.1, 0.15) is 52.4 Å². The van der Waals surface area contributed by atoms with Crippen LogP contribution < -0.4 is 0 Å². The third-order valence-corrected chi connectivity index (χ3v) is 4.03. The summed E-state index contributed by atoms with van der Waals surface area (Å²) in [4.78, 5) is 23.5. The van der Waals surface area contributed by atoms with Crippen LogP contribution in [0.25, 0.3) is 0 Å². The molecular weight excluding hydrogens is 320 g/mol. The van der Waals surface area contributed by atoms with Gasteiger partial charge in [-0.25, -0.2) is 13.2 Å². The Hall–Kier alpha value is -1.37. The molecule has 1 unspecified atom stereocenters. The maximum atomic E-state index is 11.9. The van der Waals surface area contributed by atoms with Gasteiger partial charge in [0.1, 0.15) is 12.7 Å². The first-order chi connectivity index (χ1) is 10.7. The van der Waals surface area contributed by atoms with Gasteiger partial charge in [0, 0.05) is 11.8 Å². The van der Waals surface area contributed by atoms with Gasteiger partial charge in [-0.1, -0.05) is 39.7 Å². The Morgan fingerprint density at radius 3 is 2.30 bits per heavy atom. The minimum atomic E-state index is -3.20. The Labute approximate surface area is 139 Å². The van der Waals surface area contributed by atoms with Crippen molar-refractivity contribution in [1.82, 2.24) is 0 Å². The van der Waals surface area contributed by atoms with Gasteiger partial charge in [-0.15, -0.1) is 0 Å². The number of hydrogen-bond acceptors (Lipinski definition) is 6. The highest BCUT2D eigenvalue weighted by Gasteiger charge is 2.18. The second kappa shape index (κ2) is 11.2. The van der Waals surface area contributed by atoms with Crippen molar-refractivity contribution in [3.05, 3.63) is 12.2 Å². The summed E-state index contributed by atoms with van der Waals surface area (Å²) in [5.41, 5.74) is -0.0331. The van der Waals surface area contributed by atoms with Crippen molar-refractivity contribution in [3.8, 4) is 0 Å². The Morgan fingerprint density at radius 2 is 1.78 bits per heavy atom. The molecule has 0 aromatic rings. The lowest BCUT2D eigenvalue weighted by Crippen LogP contribution is -2.21. The quantitative estimate of drug-likeness (QED) is 0.398. The molecule has 0 aromatic carbocycles. The first-order valence-corrected chi connectivity index (χ1v) is 9.97. The maximum absolute atomic E-state index is 11.9. The van der Waals surface area contributed by atoms with Crippen molar-refractivity contribution in [1.29, 1.82) is 0 Å². The zero-order chi connectivity index (χ0) is 17.9. The van der Waals surface area contributed by atoms with Gasteiger partial charge >= 0.3 is 11.9 Å². The summed E-state index contributed by atoms with van der Waals surface area (Å²) in [7, 11) is -3.20. The summed E-state index contributed by atoms with van der Waals surface area (Å²) >= 11 is 0. The van der Waals surface area contributed by atoms with Gasteiger partial charge in [-0.05, 0) is 12.8 Å². The zero-order valence-corrected chi connectivity index (χ0v) is 15.1. The van der Waals surface area contributed by atoms with E-state index in [-0.39, 0.29) is 30.5 Å². The molecule has 0 saturated heterocycles. The van der Waals surface area contributed by atoms with Crippen molar-refractivity contribution < 1.29 is 27.5 Å². The molecule has 0 aliphatic carbocycles. The van der Waals surface area contributed by atoms with Crippen molar-refractivity contribution in [2.24, 2.45) is 0 Å². The van der Waals surface area contributed by atoms with Gasteiger partial charge in [-0.2, -0.15) is 0 Å². The molecule has 134 valence electrons. The molecule has 0 aliphatic rings. The minimum Gasteiger partial charge on any atom is -0.462 e. The predicted octanol–water partition coefficient (Wildman–Crippen LogP) is 2.42. The minimum absolute atomic E-state index is 0.0331. The number of esters is 2. The lowest BCUT2D eigenvalue weighted by molar-refractivity contribution is -0.151. The van der Waals surface area contributed by atoms with Gasteiger partial charge < -0.3 is 9.47 Å². The molecule has 0 aromatic heterocycles. The highest BCUT2D eigenvalue weighted by Crippen LogP contribution is 2.13. The smallest absolute Gasteiger partial charge is 0.334 e. The zero-order valence-electron chi connectivity index (χ0n) is 14.3. The topological polar surface area (TPSA) is 86.7 Å². The van der Waals surface area contributed by atoms with E-state index in [1.165, 1.54) is 0 Å². The summed E-state index contributed by atoms with van der Waals surface area (Å²) in [5, 5.41) is 0. The fourth-order valence-corrected chi connectivity index (χ4v) is 2.26. The summed E-state index contributed by atoms with van der Waals surface area (Å²) in [6, 6.07) is 0. The Kier molecular flexibility index (Phi) is 10.5. The van der Waals surface area contributed by atoms with Crippen LogP contribution in [0.5, 0.6) is 0 Å². The molecular formula is C16H28O6S. The van der Waals surface area contributed by atoms with Crippen molar-refractivity contribution in [3.63, 3.8) is 0 Å². The molecule has 0 radical (unpaired) electrons. The van der Waals surface area contributed by atoms with Gasteiger partial charge in [0.25, 0.3) is 0 Å². The predicted molar refractivity (Wildman–Crippen MR) is 88.7 cm³/mol. The Bertz CT molecular complexity index is 495. The first-order valence-electron chi connectivity index (χ1n) is 7.91. The maximum Gasteiger partial charge on any atom is 0.334 e. The van der Waals surface area contributed by atoms with E-state index in [1.54, 1.807) is 0 Å². The molecule has 0 amide bonds. The SMILES string of the molecule is C=C(CC(=O)OC(CCC)CCCC)C(=O)OCCS(C)(=O)=O. The van der Waals surface area contributed by atoms with Crippen LogP contribution in [0, 0.1) is 0 Å². The van der Waals surface area contributed by atoms with Gasteiger partial charge in [0.2, 0.25) is 0 Å². The van der Waals surface area contributed by atoms with E-state index in [0.29, 0.717) is 0 Å². The second-order valence-electron chi connectivity index (χ2n) is 5.59. The van der Waals surface area contributed by atoms with E-state index < -0.39 is 21.8 Å². The number of carbonyl (C=O) groups excluding carboxylic acids is 2. The number of unbranched alkanes of at least 4 members (excludes halogenated alkanes) is 1. The van der Waals surface area contributed by atoms with E-state index in [4.69, 9.17) is 9.47 Å². The summed E-state index contributed by atoms with van der Waals surface area (Å²) in [6.45, 7) is 7.34. The van der Waals surface area contributed by atoms with Crippen molar-refractivity contribution >= 4 is 21.8 Å². The molecule has 0 fully saturated rings. The molecule has 0 aliphatic heterocycles. The molecule has 0 spiro atoms. The van der Waals surface area contributed by atoms with Gasteiger partial charge in [0.05, 0.1) is 12.2 Å².